The second kappa shape index (κ2) is 5.72. The zero-order chi connectivity index (χ0) is 11.3. The average molecular weight is 223 g/mol. The summed E-state index contributed by atoms with van der Waals surface area (Å²) in [6.45, 7) is 4.38. The summed E-state index contributed by atoms with van der Waals surface area (Å²) in [6, 6.07) is 7.99. The number of allylic oxidation sites excluding steroid dienone is 1. The van der Waals surface area contributed by atoms with Gasteiger partial charge in [-0.2, -0.15) is 0 Å². The maximum atomic E-state index is 10.2. The Hall–Kier alpha value is -1.08. The normalized spacial score (nSPS) is 11.9. The first-order valence-corrected chi connectivity index (χ1v) is 5.41. The molecular weight excluding hydrogens is 208 g/mol. The third-order valence-electron chi connectivity index (χ3n) is 2.09. The van der Waals surface area contributed by atoms with E-state index in [4.69, 9.17) is 11.6 Å². The third-order valence-corrected chi connectivity index (χ3v) is 2.43. The fraction of sp³-hybridized carbons (Fsp3) is 0.308. The zero-order valence-electron chi connectivity index (χ0n) is 9.03. The highest BCUT2D eigenvalue weighted by Crippen LogP contribution is 2.19. The molecule has 0 atom stereocenters. The Kier molecular flexibility index (Phi) is 4.57. The summed E-state index contributed by atoms with van der Waals surface area (Å²) in [5.41, 5.74) is 2.18. The van der Waals surface area contributed by atoms with Crippen molar-refractivity contribution in [1.29, 1.82) is 0 Å². The van der Waals surface area contributed by atoms with Crippen molar-refractivity contribution in [1.82, 2.24) is 0 Å². The molecule has 0 saturated carbocycles. The molecule has 0 unspecified atom stereocenters. The van der Waals surface area contributed by atoms with E-state index in [9.17, 15) is 4.79 Å². The molecule has 0 aliphatic rings. The van der Waals surface area contributed by atoms with Crippen LogP contribution in [0.4, 0.5) is 0 Å². The van der Waals surface area contributed by atoms with Gasteiger partial charge in [0.05, 0.1) is 5.03 Å². The van der Waals surface area contributed by atoms with Crippen LogP contribution in [0.1, 0.15) is 25.0 Å². The summed E-state index contributed by atoms with van der Waals surface area (Å²) < 4.78 is 0. The van der Waals surface area contributed by atoms with Gasteiger partial charge < -0.3 is 0 Å². The first-order valence-electron chi connectivity index (χ1n) is 5.03. The lowest BCUT2D eigenvalue weighted by Gasteiger charge is -2.05. The van der Waals surface area contributed by atoms with Crippen LogP contribution in [-0.2, 0) is 11.2 Å². The number of benzene rings is 1. The van der Waals surface area contributed by atoms with Crippen LogP contribution in [0.2, 0.25) is 0 Å². The maximum absolute atomic E-state index is 10.2. The minimum atomic E-state index is 0.487. The molecule has 15 heavy (non-hydrogen) atoms. The lowest BCUT2D eigenvalue weighted by molar-refractivity contribution is -0.104. The molecule has 0 saturated heterocycles. The van der Waals surface area contributed by atoms with Crippen LogP contribution in [0.5, 0.6) is 0 Å². The Bertz CT molecular complexity index is 349. The minimum absolute atomic E-state index is 0.487. The van der Waals surface area contributed by atoms with Crippen molar-refractivity contribution >= 4 is 22.9 Å². The van der Waals surface area contributed by atoms with E-state index < -0.39 is 0 Å². The predicted octanol–water partition coefficient (Wildman–Crippen LogP) is 3.66. The fourth-order valence-electron chi connectivity index (χ4n) is 1.43. The van der Waals surface area contributed by atoms with Gasteiger partial charge in [-0.05, 0) is 29.5 Å². The second-order valence-corrected chi connectivity index (χ2v) is 4.35. The first kappa shape index (κ1) is 12.0. The standard InChI is InChI=1S/C13H15ClO/c1-10(2)9-11-3-5-12(6-4-11)13(14)7-8-15/h3-8,10H,9H2,1-2H3/b13-7+. The SMILES string of the molecule is CC(C)Cc1ccc(/C(Cl)=C\C=O)cc1. The molecule has 2 heteroatoms. The predicted molar refractivity (Wildman–Crippen MR) is 64.9 cm³/mol. The number of halogens is 1. The highest BCUT2D eigenvalue weighted by Gasteiger charge is 2.00. The fourth-order valence-corrected chi connectivity index (χ4v) is 1.60. The highest BCUT2D eigenvalue weighted by molar-refractivity contribution is 6.49. The minimum Gasteiger partial charge on any atom is -0.299 e. The van der Waals surface area contributed by atoms with E-state index in [1.54, 1.807) is 0 Å². The van der Waals surface area contributed by atoms with Gasteiger partial charge in [0.2, 0.25) is 0 Å². The number of aldehydes is 1. The van der Waals surface area contributed by atoms with Crippen molar-refractivity contribution in [2.45, 2.75) is 20.3 Å². The number of carbonyl (C=O) groups is 1. The summed E-state index contributed by atoms with van der Waals surface area (Å²) in [4.78, 5) is 10.2. The summed E-state index contributed by atoms with van der Waals surface area (Å²) in [5.74, 6) is 0.650. The molecule has 0 aliphatic heterocycles. The molecule has 0 aliphatic carbocycles. The van der Waals surface area contributed by atoms with E-state index >= 15 is 0 Å². The van der Waals surface area contributed by atoms with Gasteiger partial charge in [-0.15, -0.1) is 0 Å². The van der Waals surface area contributed by atoms with Crippen molar-refractivity contribution in [3.8, 4) is 0 Å². The molecule has 1 rings (SSSR count). The summed E-state index contributed by atoms with van der Waals surface area (Å²) in [6.07, 6.45) is 3.12. The lowest BCUT2D eigenvalue weighted by atomic mass is 10.0. The average Bonchev–Trinajstić information content (AvgIpc) is 2.18. The van der Waals surface area contributed by atoms with Crippen LogP contribution >= 0.6 is 11.6 Å². The zero-order valence-corrected chi connectivity index (χ0v) is 9.79. The van der Waals surface area contributed by atoms with Crippen LogP contribution in [0.15, 0.2) is 30.3 Å². The van der Waals surface area contributed by atoms with Crippen LogP contribution in [0.25, 0.3) is 5.03 Å². The van der Waals surface area contributed by atoms with Gasteiger partial charge in [-0.3, -0.25) is 4.79 Å². The van der Waals surface area contributed by atoms with Crippen LogP contribution in [0.3, 0.4) is 0 Å². The molecule has 0 bridgehead atoms. The maximum Gasteiger partial charge on any atom is 0.144 e. The molecule has 0 fully saturated rings. The Labute approximate surface area is 95.8 Å². The van der Waals surface area contributed by atoms with Gasteiger partial charge in [0.1, 0.15) is 6.29 Å². The van der Waals surface area contributed by atoms with Crippen molar-refractivity contribution < 1.29 is 4.79 Å². The van der Waals surface area contributed by atoms with Gasteiger partial charge in [0, 0.05) is 0 Å². The van der Waals surface area contributed by atoms with E-state index in [0.29, 0.717) is 17.2 Å². The number of hydrogen-bond donors (Lipinski definition) is 0. The molecule has 0 aromatic heterocycles. The summed E-state index contributed by atoms with van der Waals surface area (Å²) in [5, 5.41) is 0.487. The van der Waals surface area contributed by atoms with Gasteiger partial charge >= 0.3 is 0 Å². The quantitative estimate of drug-likeness (QED) is 0.561. The smallest absolute Gasteiger partial charge is 0.144 e. The number of hydrogen-bond acceptors (Lipinski definition) is 1. The van der Waals surface area contributed by atoms with Gasteiger partial charge in [-0.1, -0.05) is 49.7 Å². The first-order chi connectivity index (χ1) is 7.13. The van der Waals surface area contributed by atoms with E-state index in [-0.39, 0.29) is 0 Å². The van der Waals surface area contributed by atoms with Crippen molar-refractivity contribution in [3.05, 3.63) is 41.5 Å². The van der Waals surface area contributed by atoms with E-state index in [1.807, 2.05) is 12.1 Å². The van der Waals surface area contributed by atoms with E-state index in [2.05, 4.69) is 26.0 Å². The number of rotatable bonds is 4. The summed E-state index contributed by atoms with van der Waals surface area (Å²) in [7, 11) is 0. The molecule has 80 valence electrons. The van der Waals surface area contributed by atoms with Gasteiger partial charge in [0.15, 0.2) is 0 Å². The monoisotopic (exact) mass is 222 g/mol. The van der Waals surface area contributed by atoms with E-state index in [1.165, 1.54) is 11.6 Å². The molecule has 0 radical (unpaired) electrons. The Balaban J connectivity index is 2.80. The largest absolute Gasteiger partial charge is 0.299 e. The van der Waals surface area contributed by atoms with Crippen molar-refractivity contribution in [3.63, 3.8) is 0 Å². The molecule has 0 N–H and O–H groups in total. The molecule has 1 aromatic carbocycles. The Morgan fingerprint density at radius 3 is 2.40 bits per heavy atom. The topological polar surface area (TPSA) is 17.1 Å². The van der Waals surface area contributed by atoms with Crippen LogP contribution in [0, 0.1) is 5.92 Å². The van der Waals surface area contributed by atoms with Crippen molar-refractivity contribution in [2.75, 3.05) is 0 Å². The Morgan fingerprint density at radius 2 is 1.93 bits per heavy atom. The van der Waals surface area contributed by atoms with Gasteiger partial charge in [-0.25, -0.2) is 0 Å². The van der Waals surface area contributed by atoms with Crippen LogP contribution in [-0.4, -0.2) is 6.29 Å². The molecular formula is C13H15ClO. The molecule has 0 heterocycles. The second-order valence-electron chi connectivity index (χ2n) is 3.95. The van der Waals surface area contributed by atoms with Gasteiger partial charge in [0.25, 0.3) is 0 Å². The van der Waals surface area contributed by atoms with Crippen molar-refractivity contribution in [2.24, 2.45) is 5.92 Å². The third kappa shape index (κ3) is 3.88. The highest BCUT2D eigenvalue weighted by atomic mass is 35.5. The van der Waals surface area contributed by atoms with E-state index in [0.717, 1.165) is 12.0 Å². The summed E-state index contributed by atoms with van der Waals surface area (Å²) >= 11 is 5.89. The molecule has 0 amide bonds. The van der Waals surface area contributed by atoms with Crippen LogP contribution < -0.4 is 0 Å². The molecule has 0 spiro atoms. The molecule has 1 aromatic rings. The molecule has 1 nitrogen and oxygen atoms in total. The number of carbonyl (C=O) groups excluding carboxylic acids is 1. The lowest BCUT2D eigenvalue weighted by Crippen LogP contribution is -1.93. The Morgan fingerprint density at radius 1 is 1.33 bits per heavy atom.